The number of hydrogen-bond acceptors (Lipinski definition) is 3. The van der Waals surface area contributed by atoms with E-state index in [4.69, 9.17) is 0 Å². The molecule has 2 aromatic carbocycles. The van der Waals surface area contributed by atoms with E-state index in [1.807, 2.05) is 31.2 Å². The van der Waals surface area contributed by atoms with Gasteiger partial charge in [0.2, 0.25) is 0 Å². The lowest BCUT2D eigenvalue weighted by molar-refractivity contribution is -0.136. The number of aryl methyl sites for hydroxylation is 1. The van der Waals surface area contributed by atoms with E-state index < -0.39 is 17.6 Å². The highest BCUT2D eigenvalue weighted by molar-refractivity contribution is 5.97. The van der Waals surface area contributed by atoms with Crippen molar-refractivity contribution in [3.63, 3.8) is 0 Å². The number of rotatable bonds is 6. The Morgan fingerprint density at radius 3 is 2.39 bits per heavy atom. The highest BCUT2D eigenvalue weighted by atomic mass is 19.4. The van der Waals surface area contributed by atoms with Crippen molar-refractivity contribution in [2.45, 2.75) is 32.5 Å². The highest BCUT2D eigenvalue weighted by Crippen LogP contribution is 2.34. The van der Waals surface area contributed by atoms with Crippen LogP contribution in [0.4, 0.5) is 18.9 Å². The maximum Gasteiger partial charge on any atom is 0.418 e. The molecular weight excluding hydrogens is 367 g/mol. The molecule has 0 aliphatic carbocycles. The third-order valence-corrected chi connectivity index (χ3v) is 4.21. The first-order chi connectivity index (χ1) is 13.3. The minimum atomic E-state index is -4.55. The molecule has 0 saturated carbocycles. The van der Waals surface area contributed by atoms with Crippen molar-refractivity contribution in [2.24, 2.45) is 0 Å². The van der Waals surface area contributed by atoms with Crippen LogP contribution < -0.4 is 10.6 Å². The fraction of sp³-hybridized carbons (Fsp3) is 0.238. The monoisotopic (exact) mass is 387 g/mol. The van der Waals surface area contributed by atoms with Crippen molar-refractivity contribution in [3.05, 3.63) is 77.0 Å². The van der Waals surface area contributed by atoms with Crippen molar-refractivity contribution in [1.29, 1.82) is 5.26 Å². The number of nitrogens with zero attached hydrogens (tertiary/aromatic N) is 1. The van der Waals surface area contributed by atoms with Crippen molar-refractivity contribution in [1.82, 2.24) is 5.32 Å². The molecule has 0 aliphatic heterocycles. The Bertz CT molecular complexity index is 896. The van der Waals surface area contributed by atoms with E-state index in [0.29, 0.717) is 0 Å². The smallest absolute Gasteiger partial charge is 0.360 e. The van der Waals surface area contributed by atoms with Gasteiger partial charge in [-0.1, -0.05) is 43.3 Å². The Labute approximate surface area is 161 Å². The van der Waals surface area contributed by atoms with Crippen molar-refractivity contribution < 1.29 is 18.0 Å². The third-order valence-electron chi connectivity index (χ3n) is 4.21. The van der Waals surface area contributed by atoms with Gasteiger partial charge in [-0.05, 0) is 36.6 Å². The molecule has 2 aromatic rings. The maximum atomic E-state index is 13.0. The third kappa shape index (κ3) is 5.36. The molecule has 0 heterocycles. The molecule has 2 rings (SSSR count). The SMILES string of the molecule is CCc1ccc(C(C)NC(=O)/C(C#N)=C\Nc2ccccc2C(F)(F)F)cc1. The van der Waals surface area contributed by atoms with Gasteiger partial charge in [-0.25, -0.2) is 0 Å². The molecule has 0 spiro atoms. The topological polar surface area (TPSA) is 64.9 Å². The summed E-state index contributed by atoms with van der Waals surface area (Å²) in [6.07, 6.45) is -2.67. The van der Waals surface area contributed by atoms with Crippen LogP contribution >= 0.6 is 0 Å². The van der Waals surface area contributed by atoms with E-state index in [-0.39, 0.29) is 17.3 Å². The molecule has 0 aliphatic rings. The first kappa shape index (κ1) is 21.0. The Morgan fingerprint density at radius 1 is 1.18 bits per heavy atom. The second-order valence-corrected chi connectivity index (χ2v) is 6.15. The summed E-state index contributed by atoms with van der Waals surface area (Å²) in [6, 6.07) is 13.9. The van der Waals surface area contributed by atoms with Crippen LogP contribution in [0.15, 0.2) is 60.3 Å². The molecule has 0 radical (unpaired) electrons. The summed E-state index contributed by atoms with van der Waals surface area (Å²) in [6.45, 7) is 3.80. The summed E-state index contributed by atoms with van der Waals surface area (Å²) in [7, 11) is 0. The van der Waals surface area contributed by atoms with Crippen LogP contribution in [0.1, 0.15) is 36.6 Å². The van der Waals surface area contributed by atoms with E-state index >= 15 is 0 Å². The van der Waals surface area contributed by atoms with Crippen LogP contribution in [0, 0.1) is 11.3 Å². The minimum Gasteiger partial charge on any atom is -0.360 e. The lowest BCUT2D eigenvalue weighted by Crippen LogP contribution is -2.28. The Balaban J connectivity index is 2.12. The van der Waals surface area contributed by atoms with Gasteiger partial charge in [0.15, 0.2) is 0 Å². The molecule has 28 heavy (non-hydrogen) atoms. The molecule has 4 nitrogen and oxygen atoms in total. The van der Waals surface area contributed by atoms with Crippen molar-refractivity contribution in [2.75, 3.05) is 5.32 Å². The van der Waals surface area contributed by atoms with Crippen LogP contribution in [0.3, 0.4) is 0 Å². The zero-order valence-electron chi connectivity index (χ0n) is 15.5. The van der Waals surface area contributed by atoms with Gasteiger partial charge in [0, 0.05) is 6.20 Å². The largest absolute Gasteiger partial charge is 0.418 e. The number of benzene rings is 2. The molecule has 146 valence electrons. The standard InChI is InChI=1S/C21H20F3N3O/c1-3-15-8-10-16(11-9-15)14(2)27-20(28)17(12-25)13-26-19-7-5-4-6-18(19)21(22,23)24/h4-11,13-14,26H,3H2,1-2H3,(H,27,28)/b17-13-. The Hall–Kier alpha value is -3.27. The summed E-state index contributed by atoms with van der Waals surface area (Å²) >= 11 is 0. The van der Waals surface area contributed by atoms with E-state index in [2.05, 4.69) is 10.6 Å². The quantitative estimate of drug-likeness (QED) is 0.544. The predicted octanol–water partition coefficient (Wildman–Crippen LogP) is 4.96. The molecule has 1 atom stereocenters. The van der Waals surface area contributed by atoms with E-state index in [1.165, 1.54) is 18.2 Å². The number of anilines is 1. The number of halogens is 3. The lowest BCUT2D eigenvalue weighted by atomic mass is 10.0. The van der Waals surface area contributed by atoms with Gasteiger partial charge in [-0.15, -0.1) is 0 Å². The molecule has 0 aromatic heterocycles. The van der Waals surface area contributed by atoms with Gasteiger partial charge in [-0.3, -0.25) is 4.79 Å². The highest BCUT2D eigenvalue weighted by Gasteiger charge is 2.33. The van der Waals surface area contributed by atoms with Crippen LogP contribution in [-0.4, -0.2) is 5.91 Å². The number of carbonyl (C=O) groups is 1. The van der Waals surface area contributed by atoms with Crippen LogP contribution in [0.25, 0.3) is 0 Å². The van der Waals surface area contributed by atoms with Gasteiger partial charge in [0.05, 0.1) is 17.3 Å². The first-order valence-electron chi connectivity index (χ1n) is 8.69. The molecule has 0 bridgehead atoms. The summed E-state index contributed by atoms with van der Waals surface area (Å²) in [5, 5.41) is 14.3. The molecule has 7 heteroatoms. The van der Waals surface area contributed by atoms with Crippen LogP contribution in [0.5, 0.6) is 0 Å². The zero-order valence-corrected chi connectivity index (χ0v) is 15.5. The van der Waals surface area contributed by atoms with Gasteiger partial charge in [-0.2, -0.15) is 18.4 Å². The van der Waals surface area contributed by atoms with Gasteiger partial charge < -0.3 is 10.6 Å². The number of alkyl halides is 3. The van der Waals surface area contributed by atoms with Crippen LogP contribution in [-0.2, 0) is 17.4 Å². The average molecular weight is 387 g/mol. The summed E-state index contributed by atoms with van der Waals surface area (Å²) in [4.78, 5) is 12.3. The molecule has 2 N–H and O–H groups in total. The van der Waals surface area contributed by atoms with Gasteiger partial charge in [0.1, 0.15) is 11.6 Å². The number of para-hydroxylation sites is 1. The number of amides is 1. The second kappa shape index (κ2) is 9.09. The Morgan fingerprint density at radius 2 is 1.82 bits per heavy atom. The summed E-state index contributed by atoms with van der Waals surface area (Å²) in [5.41, 5.74) is 0.576. The number of hydrogen-bond donors (Lipinski definition) is 2. The summed E-state index contributed by atoms with van der Waals surface area (Å²) in [5.74, 6) is -0.674. The van der Waals surface area contributed by atoms with E-state index in [9.17, 15) is 23.2 Å². The van der Waals surface area contributed by atoms with Crippen molar-refractivity contribution >= 4 is 11.6 Å². The summed E-state index contributed by atoms with van der Waals surface area (Å²) < 4.78 is 39.1. The van der Waals surface area contributed by atoms with E-state index in [1.54, 1.807) is 13.0 Å². The number of nitriles is 1. The first-order valence-corrected chi connectivity index (χ1v) is 8.69. The fourth-order valence-electron chi connectivity index (χ4n) is 2.55. The molecule has 0 saturated heterocycles. The van der Waals surface area contributed by atoms with Gasteiger partial charge >= 0.3 is 6.18 Å². The average Bonchev–Trinajstić information content (AvgIpc) is 2.68. The fourth-order valence-corrected chi connectivity index (χ4v) is 2.55. The zero-order chi connectivity index (χ0) is 20.7. The van der Waals surface area contributed by atoms with Crippen molar-refractivity contribution in [3.8, 4) is 6.07 Å². The minimum absolute atomic E-state index is 0.237. The molecule has 1 unspecified atom stereocenters. The Kier molecular flexibility index (Phi) is 6.83. The number of carbonyl (C=O) groups excluding carboxylic acids is 1. The molecule has 0 fully saturated rings. The molecular formula is C21H20F3N3O. The lowest BCUT2D eigenvalue weighted by Gasteiger charge is -2.15. The van der Waals surface area contributed by atoms with E-state index in [0.717, 1.165) is 29.8 Å². The second-order valence-electron chi connectivity index (χ2n) is 6.15. The van der Waals surface area contributed by atoms with Gasteiger partial charge in [0.25, 0.3) is 5.91 Å². The number of nitrogens with one attached hydrogen (secondary N) is 2. The molecule has 1 amide bonds. The normalized spacial score (nSPS) is 12.8. The predicted molar refractivity (Wildman–Crippen MR) is 101 cm³/mol. The van der Waals surface area contributed by atoms with Crippen LogP contribution in [0.2, 0.25) is 0 Å². The maximum absolute atomic E-state index is 13.0.